The predicted molar refractivity (Wildman–Crippen MR) is 68.6 cm³/mol. The van der Waals surface area contributed by atoms with Crippen LogP contribution in [-0.4, -0.2) is 33.7 Å². The Hall–Kier alpha value is -1.73. The summed E-state index contributed by atoms with van der Waals surface area (Å²) in [6.45, 7) is 0.298. The van der Waals surface area contributed by atoms with Gasteiger partial charge in [0, 0.05) is 12.2 Å². The zero-order valence-electron chi connectivity index (χ0n) is 10.2. The quantitative estimate of drug-likeness (QED) is 0.890. The first kappa shape index (κ1) is 12.3. The molecule has 19 heavy (non-hydrogen) atoms. The summed E-state index contributed by atoms with van der Waals surface area (Å²) in [5.74, 6) is 0. The van der Waals surface area contributed by atoms with Gasteiger partial charge in [0.05, 0.1) is 24.8 Å². The summed E-state index contributed by atoms with van der Waals surface area (Å²) in [5.41, 5.74) is 0.748. The van der Waals surface area contributed by atoms with E-state index < -0.39 is 10.0 Å². The molecule has 0 aliphatic heterocycles. The molecule has 0 spiro atoms. The molecule has 0 aromatic carbocycles. The number of hydrogen-bond donors (Lipinski definition) is 1. The smallest absolute Gasteiger partial charge is 0.260 e. The van der Waals surface area contributed by atoms with E-state index in [9.17, 15) is 8.42 Å². The standard InChI is InChI=1S/C12H14N4O2S/c17-19(18,12-7-13-9-15-12)16(11-4-5-11)8-10-3-1-2-6-14-10/h1-3,6-7,9,11H,4-5,8H2,(H,13,15). The molecule has 1 N–H and O–H groups in total. The summed E-state index contributed by atoms with van der Waals surface area (Å²) in [7, 11) is -3.52. The third kappa shape index (κ3) is 2.52. The molecule has 100 valence electrons. The summed E-state index contributed by atoms with van der Waals surface area (Å²) in [6.07, 6.45) is 6.19. The van der Waals surface area contributed by atoms with E-state index >= 15 is 0 Å². The molecule has 2 heterocycles. The fourth-order valence-electron chi connectivity index (χ4n) is 1.93. The summed E-state index contributed by atoms with van der Waals surface area (Å²) >= 11 is 0. The molecule has 1 fully saturated rings. The lowest BCUT2D eigenvalue weighted by atomic mass is 10.3. The number of aromatic amines is 1. The molecule has 0 amide bonds. The first-order chi connectivity index (χ1) is 9.18. The van der Waals surface area contributed by atoms with E-state index in [0.29, 0.717) is 6.54 Å². The zero-order chi connectivity index (χ0) is 13.3. The van der Waals surface area contributed by atoms with Gasteiger partial charge in [-0.25, -0.2) is 13.4 Å². The molecule has 0 atom stereocenters. The van der Waals surface area contributed by atoms with Gasteiger partial charge in [0.25, 0.3) is 10.0 Å². The molecular formula is C12H14N4O2S. The number of nitrogens with one attached hydrogen (secondary N) is 1. The molecule has 2 aromatic rings. The second-order valence-corrected chi connectivity index (χ2v) is 6.38. The summed E-state index contributed by atoms with van der Waals surface area (Å²) in [5, 5.41) is 0.135. The first-order valence-electron chi connectivity index (χ1n) is 6.08. The lowest BCUT2D eigenvalue weighted by Crippen LogP contribution is -2.33. The second kappa shape index (κ2) is 4.75. The highest BCUT2D eigenvalue weighted by molar-refractivity contribution is 7.89. The molecule has 1 aliphatic rings. The van der Waals surface area contributed by atoms with Gasteiger partial charge in [0.15, 0.2) is 5.03 Å². The minimum absolute atomic E-state index is 0.0790. The van der Waals surface area contributed by atoms with Gasteiger partial charge in [0.2, 0.25) is 0 Å². The van der Waals surface area contributed by atoms with Crippen LogP contribution in [0.25, 0.3) is 0 Å². The number of pyridine rings is 1. The predicted octanol–water partition coefficient (Wildman–Crippen LogP) is 1.16. The molecule has 7 heteroatoms. The Morgan fingerprint density at radius 3 is 2.79 bits per heavy atom. The molecular weight excluding hydrogens is 264 g/mol. The van der Waals surface area contributed by atoms with Crippen molar-refractivity contribution < 1.29 is 8.42 Å². The van der Waals surface area contributed by atoms with Crippen molar-refractivity contribution in [2.45, 2.75) is 30.5 Å². The first-order valence-corrected chi connectivity index (χ1v) is 7.52. The normalized spacial score (nSPS) is 15.8. The van der Waals surface area contributed by atoms with Crippen LogP contribution in [0.1, 0.15) is 18.5 Å². The lowest BCUT2D eigenvalue weighted by Gasteiger charge is -2.20. The van der Waals surface area contributed by atoms with Gasteiger partial charge in [-0.3, -0.25) is 4.98 Å². The van der Waals surface area contributed by atoms with E-state index in [-0.39, 0.29) is 11.1 Å². The fourth-order valence-corrected chi connectivity index (χ4v) is 3.49. The number of sulfonamides is 1. The SMILES string of the molecule is O=S(=O)(c1cnc[nH]1)N(Cc1ccccn1)C1CC1. The Kier molecular flexibility index (Phi) is 3.08. The van der Waals surface area contributed by atoms with Crippen LogP contribution in [0.5, 0.6) is 0 Å². The maximum Gasteiger partial charge on any atom is 0.260 e. The average Bonchev–Trinajstić information content (AvgIpc) is 3.09. The van der Waals surface area contributed by atoms with Crippen molar-refractivity contribution in [2.24, 2.45) is 0 Å². The highest BCUT2D eigenvalue weighted by atomic mass is 32.2. The van der Waals surface area contributed by atoms with Crippen LogP contribution in [0.3, 0.4) is 0 Å². The van der Waals surface area contributed by atoms with Crippen LogP contribution >= 0.6 is 0 Å². The Bertz CT molecular complexity index is 636. The number of nitrogens with zero attached hydrogens (tertiary/aromatic N) is 3. The third-order valence-corrected chi connectivity index (χ3v) is 4.88. The van der Waals surface area contributed by atoms with Crippen LogP contribution in [0.15, 0.2) is 41.9 Å². The van der Waals surface area contributed by atoms with Crippen LogP contribution < -0.4 is 0 Å². The van der Waals surface area contributed by atoms with Gasteiger partial charge < -0.3 is 4.98 Å². The number of H-pyrrole nitrogens is 1. The van der Waals surface area contributed by atoms with Crippen LogP contribution in [-0.2, 0) is 16.6 Å². The van der Waals surface area contributed by atoms with Crippen molar-refractivity contribution in [3.63, 3.8) is 0 Å². The van der Waals surface area contributed by atoms with E-state index in [0.717, 1.165) is 18.5 Å². The minimum atomic E-state index is -3.52. The number of hydrogen-bond acceptors (Lipinski definition) is 4. The van der Waals surface area contributed by atoms with E-state index in [1.54, 1.807) is 6.20 Å². The Morgan fingerprint density at radius 2 is 2.21 bits per heavy atom. The maximum atomic E-state index is 12.5. The number of rotatable bonds is 5. The van der Waals surface area contributed by atoms with Gasteiger partial charge in [-0.1, -0.05) is 6.07 Å². The fraction of sp³-hybridized carbons (Fsp3) is 0.333. The van der Waals surface area contributed by atoms with Gasteiger partial charge in [-0.2, -0.15) is 4.31 Å². The van der Waals surface area contributed by atoms with Crippen LogP contribution in [0.2, 0.25) is 0 Å². The molecule has 0 unspecified atom stereocenters. The molecule has 0 bridgehead atoms. The summed E-state index contributed by atoms with van der Waals surface area (Å²) in [4.78, 5) is 10.6. The highest BCUT2D eigenvalue weighted by Crippen LogP contribution is 2.32. The largest absolute Gasteiger partial charge is 0.335 e. The number of imidazole rings is 1. The van der Waals surface area contributed by atoms with Gasteiger partial charge in [-0.05, 0) is 25.0 Å². The maximum absolute atomic E-state index is 12.5. The molecule has 0 radical (unpaired) electrons. The summed E-state index contributed by atoms with van der Waals surface area (Å²) < 4.78 is 26.5. The third-order valence-electron chi connectivity index (χ3n) is 3.06. The Morgan fingerprint density at radius 1 is 1.37 bits per heavy atom. The highest BCUT2D eigenvalue weighted by Gasteiger charge is 2.38. The van der Waals surface area contributed by atoms with E-state index in [2.05, 4.69) is 15.0 Å². The van der Waals surface area contributed by atoms with Crippen molar-refractivity contribution in [1.29, 1.82) is 0 Å². The molecule has 1 saturated carbocycles. The average molecular weight is 278 g/mol. The second-order valence-electron chi connectivity index (χ2n) is 4.52. The van der Waals surface area contributed by atoms with Crippen molar-refractivity contribution in [2.75, 3.05) is 0 Å². The van der Waals surface area contributed by atoms with Crippen molar-refractivity contribution in [3.05, 3.63) is 42.6 Å². The van der Waals surface area contributed by atoms with E-state index in [1.165, 1.54) is 16.8 Å². The molecule has 6 nitrogen and oxygen atoms in total. The van der Waals surface area contributed by atoms with Gasteiger partial charge in [-0.15, -0.1) is 0 Å². The summed E-state index contributed by atoms with van der Waals surface area (Å²) in [6, 6.07) is 5.58. The monoisotopic (exact) mass is 278 g/mol. The topological polar surface area (TPSA) is 79.0 Å². The zero-order valence-corrected chi connectivity index (χ0v) is 11.0. The van der Waals surface area contributed by atoms with Gasteiger partial charge in [0.1, 0.15) is 0 Å². The van der Waals surface area contributed by atoms with Crippen LogP contribution in [0.4, 0.5) is 0 Å². The van der Waals surface area contributed by atoms with E-state index in [1.807, 2.05) is 18.2 Å². The van der Waals surface area contributed by atoms with E-state index in [4.69, 9.17) is 0 Å². The van der Waals surface area contributed by atoms with Crippen molar-refractivity contribution in [1.82, 2.24) is 19.3 Å². The Labute approximate surface area is 111 Å². The lowest BCUT2D eigenvalue weighted by molar-refractivity contribution is 0.393. The molecule has 0 saturated heterocycles. The van der Waals surface area contributed by atoms with Crippen molar-refractivity contribution >= 4 is 10.0 Å². The van der Waals surface area contributed by atoms with Gasteiger partial charge >= 0.3 is 0 Å². The molecule has 3 rings (SSSR count). The minimum Gasteiger partial charge on any atom is -0.335 e. The van der Waals surface area contributed by atoms with Crippen LogP contribution in [0, 0.1) is 0 Å². The van der Waals surface area contributed by atoms with Crippen molar-refractivity contribution in [3.8, 4) is 0 Å². The molecule has 1 aliphatic carbocycles. The Balaban J connectivity index is 1.90. The molecule has 2 aromatic heterocycles. The number of aromatic nitrogens is 3.